The van der Waals surface area contributed by atoms with E-state index in [-0.39, 0.29) is 11.1 Å². The minimum Gasteiger partial charge on any atom is -0.382 e. The molecule has 0 atom stereocenters. The minimum absolute atomic E-state index is 0.0342. The molecule has 0 saturated carbocycles. The molecular weight excluding hydrogens is 210 g/mol. The zero-order valence-electron chi connectivity index (χ0n) is 9.69. The summed E-state index contributed by atoms with van der Waals surface area (Å²) in [6.07, 6.45) is 0.830. The number of halogens is 2. The summed E-state index contributed by atoms with van der Waals surface area (Å²) in [6.45, 7) is 5.21. The fourth-order valence-corrected chi connectivity index (χ4v) is 1.45. The third kappa shape index (κ3) is 3.77. The Labute approximate surface area is 94.8 Å². The van der Waals surface area contributed by atoms with Gasteiger partial charge in [0.05, 0.1) is 5.69 Å². The average Bonchev–Trinajstić information content (AvgIpc) is 2.19. The Hall–Kier alpha value is -1.16. The quantitative estimate of drug-likeness (QED) is 0.813. The maximum Gasteiger partial charge on any atom is 0.146 e. The molecule has 0 radical (unpaired) electrons. The summed E-state index contributed by atoms with van der Waals surface area (Å²) < 4.78 is 26.2. The monoisotopic (exact) mass is 228 g/mol. The molecule has 0 aliphatic heterocycles. The van der Waals surface area contributed by atoms with Crippen molar-refractivity contribution in [3.05, 3.63) is 29.8 Å². The summed E-state index contributed by atoms with van der Waals surface area (Å²) >= 11 is 0. The minimum atomic E-state index is -0.444. The van der Waals surface area contributed by atoms with Crippen LogP contribution in [0.25, 0.3) is 0 Å². The van der Waals surface area contributed by atoms with E-state index in [9.17, 15) is 8.78 Å². The lowest BCUT2D eigenvalue weighted by Gasteiger charge is -2.24. The molecule has 0 spiro atoms. The molecule has 4 heteroatoms. The van der Waals surface area contributed by atoms with E-state index in [0.717, 1.165) is 24.6 Å². The Kier molecular flexibility index (Phi) is 4.24. The number of hydrogen-bond acceptors (Lipinski definition) is 2. The van der Waals surface area contributed by atoms with Crippen molar-refractivity contribution in [3.63, 3.8) is 0 Å². The molecule has 2 nitrogen and oxygen atoms in total. The van der Waals surface area contributed by atoms with Gasteiger partial charge in [0, 0.05) is 6.54 Å². The van der Waals surface area contributed by atoms with Gasteiger partial charge in [-0.25, -0.2) is 8.78 Å². The van der Waals surface area contributed by atoms with Crippen LogP contribution >= 0.6 is 0 Å². The van der Waals surface area contributed by atoms with Crippen LogP contribution in [0.15, 0.2) is 18.2 Å². The first-order chi connectivity index (χ1) is 7.44. The van der Waals surface area contributed by atoms with Gasteiger partial charge in [0.25, 0.3) is 0 Å². The number of hydrogen-bond donors (Lipinski definition) is 2. The van der Waals surface area contributed by atoms with Gasteiger partial charge in [-0.1, -0.05) is 13.8 Å². The summed E-state index contributed by atoms with van der Waals surface area (Å²) in [5.41, 5.74) is 5.64. The van der Waals surface area contributed by atoms with E-state index in [1.165, 1.54) is 0 Å². The average molecular weight is 228 g/mol. The molecular formula is C12H18F2N2. The second-order valence-electron chi connectivity index (χ2n) is 4.68. The van der Waals surface area contributed by atoms with E-state index in [1.54, 1.807) is 0 Å². The second kappa shape index (κ2) is 5.25. The van der Waals surface area contributed by atoms with Gasteiger partial charge in [-0.15, -0.1) is 0 Å². The predicted molar refractivity (Wildman–Crippen MR) is 62.3 cm³/mol. The summed E-state index contributed by atoms with van der Waals surface area (Å²) in [5.74, 6) is -0.884. The van der Waals surface area contributed by atoms with Crippen LogP contribution in [-0.4, -0.2) is 13.1 Å². The second-order valence-corrected chi connectivity index (χ2v) is 4.68. The highest BCUT2D eigenvalue weighted by molar-refractivity contribution is 5.44. The molecule has 1 aromatic rings. The molecule has 0 fully saturated rings. The summed E-state index contributed by atoms with van der Waals surface area (Å²) in [7, 11) is 0. The summed E-state index contributed by atoms with van der Waals surface area (Å²) in [6, 6.07) is 3.38. The lowest BCUT2D eigenvalue weighted by Crippen LogP contribution is -2.26. The topological polar surface area (TPSA) is 38.0 Å². The van der Waals surface area contributed by atoms with Gasteiger partial charge in [0.15, 0.2) is 0 Å². The highest BCUT2D eigenvalue weighted by Gasteiger charge is 2.17. The van der Waals surface area contributed by atoms with E-state index in [0.29, 0.717) is 13.1 Å². The normalized spacial score (nSPS) is 11.6. The largest absolute Gasteiger partial charge is 0.382 e. The van der Waals surface area contributed by atoms with Crippen LogP contribution in [-0.2, 0) is 0 Å². The summed E-state index contributed by atoms with van der Waals surface area (Å²) in [4.78, 5) is 0. The van der Waals surface area contributed by atoms with Gasteiger partial charge >= 0.3 is 0 Å². The first-order valence-corrected chi connectivity index (χ1v) is 5.33. The molecule has 0 heterocycles. The number of nitrogens with one attached hydrogen (secondary N) is 1. The van der Waals surface area contributed by atoms with Crippen LogP contribution in [0.1, 0.15) is 20.3 Å². The Morgan fingerprint density at radius 1 is 1.31 bits per heavy atom. The van der Waals surface area contributed by atoms with Crippen LogP contribution in [0, 0.1) is 17.0 Å². The molecule has 3 N–H and O–H groups in total. The van der Waals surface area contributed by atoms with E-state index >= 15 is 0 Å². The van der Waals surface area contributed by atoms with Crippen molar-refractivity contribution < 1.29 is 8.78 Å². The van der Waals surface area contributed by atoms with Crippen molar-refractivity contribution in [2.75, 3.05) is 18.4 Å². The summed E-state index contributed by atoms with van der Waals surface area (Å²) in [5, 5.41) is 2.91. The molecule has 0 aliphatic rings. The number of benzene rings is 1. The molecule has 1 aromatic carbocycles. The third-order valence-electron chi connectivity index (χ3n) is 2.51. The van der Waals surface area contributed by atoms with E-state index in [1.807, 2.05) is 13.8 Å². The van der Waals surface area contributed by atoms with Gasteiger partial charge in [0.2, 0.25) is 0 Å². The number of nitrogens with two attached hydrogens (primary N) is 1. The molecule has 0 bridgehead atoms. The van der Waals surface area contributed by atoms with Crippen LogP contribution in [0.5, 0.6) is 0 Å². The van der Waals surface area contributed by atoms with Crippen molar-refractivity contribution in [2.24, 2.45) is 11.1 Å². The highest BCUT2D eigenvalue weighted by atomic mass is 19.1. The Morgan fingerprint density at radius 2 is 2.00 bits per heavy atom. The molecule has 0 aromatic heterocycles. The molecule has 90 valence electrons. The van der Waals surface area contributed by atoms with E-state index < -0.39 is 11.6 Å². The van der Waals surface area contributed by atoms with Crippen molar-refractivity contribution in [2.45, 2.75) is 20.3 Å². The van der Waals surface area contributed by atoms with Gasteiger partial charge in [-0.05, 0) is 36.6 Å². The lowest BCUT2D eigenvalue weighted by molar-refractivity contribution is 0.364. The van der Waals surface area contributed by atoms with Gasteiger partial charge < -0.3 is 11.1 Å². The zero-order chi connectivity index (χ0) is 12.2. The standard InChI is InChI=1S/C12H18F2N2/c1-12(2,5-6-15)8-16-11-7-9(13)3-4-10(11)14/h3-4,7,16H,5-6,8,15H2,1-2H3. The van der Waals surface area contributed by atoms with Crippen LogP contribution < -0.4 is 11.1 Å². The maximum atomic E-state index is 13.3. The fourth-order valence-electron chi connectivity index (χ4n) is 1.45. The van der Waals surface area contributed by atoms with Crippen molar-refractivity contribution >= 4 is 5.69 Å². The van der Waals surface area contributed by atoms with Crippen LogP contribution in [0.4, 0.5) is 14.5 Å². The molecule has 0 saturated heterocycles. The maximum absolute atomic E-state index is 13.3. The lowest BCUT2D eigenvalue weighted by atomic mass is 9.89. The van der Waals surface area contributed by atoms with Crippen molar-refractivity contribution in [1.82, 2.24) is 0 Å². The molecule has 0 amide bonds. The van der Waals surface area contributed by atoms with Crippen molar-refractivity contribution in [3.8, 4) is 0 Å². The van der Waals surface area contributed by atoms with Crippen LogP contribution in [0.2, 0.25) is 0 Å². The first-order valence-electron chi connectivity index (χ1n) is 5.33. The zero-order valence-corrected chi connectivity index (χ0v) is 9.69. The van der Waals surface area contributed by atoms with Gasteiger partial charge in [-0.2, -0.15) is 0 Å². The number of anilines is 1. The Bertz CT molecular complexity index is 351. The fraction of sp³-hybridized carbons (Fsp3) is 0.500. The van der Waals surface area contributed by atoms with Gasteiger partial charge in [-0.3, -0.25) is 0 Å². The van der Waals surface area contributed by atoms with Crippen molar-refractivity contribution in [1.29, 1.82) is 0 Å². The Morgan fingerprint density at radius 3 is 2.62 bits per heavy atom. The number of rotatable bonds is 5. The van der Waals surface area contributed by atoms with Crippen LogP contribution in [0.3, 0.4) is 0 Å². The predicted octanol–water partition coefficient (Wildman–Crippen LogP) is 2.75. The molecule has 0 unspecified atom stereocenters. The molecule has 0 aliphatic carbocycles. The van der Waals surface area contributed by atoms with E-state index in [4.69, 9.17) is 5.73 Å². The Balaban J connectivity index is 2.63. The third-order valence-corrected chi connectivity index (χ3v) is 2.51. The highest BCUT2D eigenvalue weighted by Crippen LogP contribution is 2.22. The first kappa shape index (κ1) is 12.9. The van der Waals surface area contributed by atoms with Gasteiger partial charge in [0.1, 0.15) is 11.6 Å². The molecule has 1 rings (SSSR count). The smallest absolute Gasteiger partial charge is 0.146 e. The van der Waals surface area contributed by atoms with E-state index in [2.05, 4.69) is 5.32 Å². The molecule has 16 heavy (non-hydrogen) atoms. The SMILES string of the molecule is CC(C)(CCN)CNc1cc(F)ccc1F.